The van der Waals surface area contributed by atoms with Gasteiger partial charge in [0.15, 0.2) is 0 Å². The smallest absolute Gasteiger partial charge is 0.254 e. The maximum atomic E-state index is 13.2. The number of carbonyl (C=O) groups is 1. The van der Waals surface area contributed by atoms with E-state index in [4.69, 9.17) is 0 Å². The fourth-order valence-corrected chi connectivity index (χ4v) is 3.58. The van der Waals surface area contributed by atoms with Gasteiger partial charge in [0.2, 0.25) is 0 Å². The number of amides is 1. The Labute approximate surface area is 174 Å². The first-order valence-corrected chi connectivity index (χ1v) is 9.86. The minimum absolute atomic E-state index is 0.163. The number of nitrogens with zero attached hydrogens (tertiary/aromatic N) is 4. The number of aromatic nitrogens is 4. The molecule has 6 nitrogen and oxygen atoms in total. The van der Waals surface area contributed by atoms with E-state index >= 15 is 0 Å². The predicted octanol–water partition coefficient (Wildman–Crippen LogP) is 4.60. The van der Waals surface area contributed by atoms with E-state index in [0.717, 1.165) is 12.0 Å². The summed E-state index contributed by atoms with van der Waals surface area (Å²) in [7, 11) is 0. The summed E-state index contributed by atoms with van der Waals surface area (Å²) in [6.07, 6.45) is 7.21. The van der Waals surface area contributed by atoms with Gasteiger partial charge in [-0.1, -0.05) is 6.92 Å². The number of benzene rings is 1. The van der Waals surface area contributed by atoms with Crippen LogP contribution in [0, 0.1) is 5.82 Å². The predicted molar refractivity (Wildman–Crippen MR) is 111 cm³/mol. The van der Waals surface area contributed by atoms with Crippen molar-refractivity contribution >= 4 is 32.7 Å². The molecule has 0 saturated heterocycles. The molecule has 1 atom stereocenters. The van der Waals surface area contributed by atoms with E-state index in [1.54, 1.807) is 35.4 Å². The van der Waals surface area contributed by atoms with Crippen molar-refractivity contribution in [3.63, 3.8) is 0 Å². The van der Waals surface area contributed by atoms with Crippen LogP contribution in [0.25, 0.3) is 16.6 Å². The van der Waals surface area contributed by atoms with Crippen LogP contribution in [0.3, 0.4) is 0 Å². The maximum absolute atomic E-state index is 13.2. The van der Waals surface area contributed by atoms with E-state index < -0.39 is 0 Å². The number of rotatable bonds is 5. The first-order chi connectivity index (χ1) is 14.1. The molecule has 4 rings (SSSR count). The number of nitrogens with one attached hydrogen (secondary N) is 1. The fourth-order valence-electron chi connectivity index (χ4n) is 3.20. The van der Waals surface area contributed by atoms with Gasteiger partial charge in [-0.2, -0.15) is 5.10 Å². The third-order valence-electron chi connectivity index (χ3n) is 4.68. The van der Waals surface area contributed by atoms with Crippen LogP contribution >= 0.6 is 15.9 Å². The lowest BCUT2D eigenvalue weighted by Crippen LogP contribution is -2.28. The number of hydrogen-bond donors (Lipinski definition) is 1. The molecule has 1 N–H and O–H groups in total. The average molecular weight is 454 g/mol. The molecule has 0 unspecified atom stereocenters. The second-order valence-corrected chi connectivity index (χ2v) is 7.31. The van der Waals surface area contributed by atoms with Crippen LogP contribution in [0.4, 0.5) is 4.39 Å². The minimum atomic E-state index is -0.322. The molecule has 1 aromatic carbocycles. The number of halogens is 2. The highest BCUT2D eigenvalue weighted by Crippen LogP contribution is 2.23. The Morgan fingerprint density at radius 3 is 2.72 bits per heavy atom. The van der Waals surface area contributed by atoms with Crippen molar-refractivity contribution in [2.45, 2.75) is 19.4 Å². The molecule has 0 saturated carbocycles. The van der Waals surface area contributed by atoms with E-state index in [-0.39, 0.29) is 17.8 Å². The molecule has 146 valence electrons. The maximum Gasteiger partial charge on any atom is 0.254 e. The van der Waals surface area contributed by atoms with E-state index in [1.807, 2.05) is 19.1 Å². The van der Waals surface area contributed by atoms with Crippen molar-refractivity contribution in [1.82, 2.24) is 25.1 Å². The van der Waals surface area contributed by atoms with Gasteiger partial charge in [-0.3, -0.25) is 9.78 Å². The highest BCUT2D eigenvalue weighted by molar-refractivity contribution is 9.10. The number of fused-ring (bicyclic) bond motifs is 1. The zero-order valence-electron chi connectivity index (χ0n) is 15.5. The molecule has 29 heavy (non-hydrogen) atoms. The molecule has 0 radical (unpaired) electrons. The summed E-state index contributed by atoms with van der Waals surface area (Å²) in [6, 6.07) is 9.59. The van der Waals surface area contributed by atoms with E-state index in [1.165, 1.54) is 18.3 Å². The van der Waals surface area contributed by atoms with E-state index in [0.29, 0.717) is 26.8 Å². The summed E-state index contributed by atoms with van der Waals surface area (Å²) in [5.74, 6) is -0.557. The topological polar surface area (TPSA) is 72.7 Å². The van der Waals surface area contributed by atoms with Gasteiger partial charge in [0.1, 0.15) is 10.4 Å². The fraction of sp³-hybridized carbons (Fsp3) is 0.143. The van der Waals surface area contributed by atoms with Crippen LogP contribution in [-0.4, -0.2) is 25.7 Å². The molecule has 0 spiro atoms. The van der Waals surface area contributed by atoms with Gasteiger partial charge in [-0.05, 0) is 64.3 Å². The molecule has 0 aliphatic rings. The lowest BCUT2D eigenvalue weighted by Gasteiger charge is -2.17. The third kappa shape index (κ3) is 3.88. The Hall–Kier alpha value is -3.13. The minimum Gasteiger partial charge on any atom is -0.345 e. The molecule has 1 amide bonds. The van der Waals surface area contributed by atoms with Crippen molar-refractivity contribution in [1.29, 1.82) is 0 Å². The summed E-state index contributed by atoms with van der Waals surface area (Å²) in [5.41, 5.74) is 2.75. The van der Waals surface area contributed by atoms with Crippen LogP contribution in [0.1, 0.15) is 35.3 Å². The van der Waals surface area contributed by atoms with Crippen molar-refractivity contribution in [3.05, 3.63) is 82.7 Å². The van der Waals surface area contributed by atoms with Crippen molar-refractivity contribution in [2.75, 3.05) is 0 Å². The van der Waals surface area contributed by atoms with Gasteiger partial charge in [-0.25, -0.2) is 14.1 Å². The highest BCUT2D eigenvalue weighted by Gasteiger charge is 2.19. The first kappa shape index (κ1) is 19.2. The molecule has 0 bridgehead atoms. The van der Waals surface area contributed by atoms with Crippen LogP contribution in [0.2, 0.25) is 0 Å². The Bertz CT molecular complexity index is 1180. The Morgan fingerprint density at radius 2 is 2.00 bits per heavy atom. The number of carbonyl (C=O) groups excluding carboxylic acids is 1. The standard InChI is InChI=1S/C21H17BrFN5O/c1-2-18(13-7-8-25-20(22)9-13)27-21(29)17-10-24-12-19-16(17)11-26-28(19)15-5-3-14(23)4-6-15/h3-12,18H,2H2,1H3,(H,27,29)/t18-/m0/s1. The molecule has 0 aliphatic carbocycles. The quantitative estimate of drug-likeness (QED) is 0.448. The molecular weight excluding hydrogens is 437 g/mol. The van der Waals surface area contributed by atoms with Gasteiger partial charge >= 0.3 is 0 Å². The van der Waals surface area contributed by atoms with Crippen LogP contribution in [-0.2, 0) is 0 Å². The Morgan fingerprint density at radius 1 is 1.21 bits per heavy atom. The highest BCUT2D eigenvalue weighted by atomic mass is 79.9. The van der Waals surface area contributed by atoms with Crippen molar-refractivity contribution in [2.24, 2.45) is 0 Å². The van der Waals surface area contributed by atoms with E-state index in [9.17, 15) is 9.18 Å². The summed E-state index contributed by atoms with van der Waals surface area (Å²) < 4.78 is 15.6. The zero-order chi connectivity index (χ0) is 20.4. The number of hydrogen-bond acceptors (Lipinski definition) is 4. The second kappa shape index (κ2) is 8.08. The lowest BCUT2D eigenvalue weighted by atomic mass is 10.1. The molecule has 4 aromatic rings. The van der Waals surface area contributed by atoms with Gasteiger partial charge in [0.05, 0.1) is 35.2 Å². The van der Waals surface area contributed by atoms with Crippen LogP contribution in [0.5, 0.6) is 0 Å². The SMILES string of the molecule is CC[C@H](NC(=O)c1cncc2c1cnn2-c1ccc(F)cc1)c1ccnc(Br)c1. The summed E-state index contributed by atoms with van der Waals surface area (Å²) in [5, 5.41) is 8.10. The van der Waals surface area contributed by atoms with Crippen molar-refractivity contribution in [3.8, 4) is 5.69 Å². The largest absolute Gasteiger partial charge is 0.345 e. The normalized spacial score (nSPS) is 12.1. The lowest BCUT2D eigenvalue weighted by molar-refractivity contribution is 0.0937. The summed E-state index contributed by atoms with van der Waals surface area (Å²) in [6.45, 7) is 2.00. The zero-order valence-corrected chi connectivity index (χ0v) is 17.1. The molecular formula is C21H17BrFN5O. The van der Waals surface area contributed by atoms with Crippen molar-refractivity contribution < 1.29 is 9.18 Å². The third-order valence-corrected chi connectivity index (χ3v) is 5.11. The Kier molecular flexibility index (Phi) is 5.35. The molecule has 3 aromatic heterocycles. The molecule has 0 aliphatic heterocycles. The van der Waals surface area contributed by atoms with Gasteiger partial charge in [0.25, 0.3) is 5.91 Å². The summed E-state index contributed by atoms with van der Waals surface area (Å²) >= 11 is 3.36. The number of pyridine rings is 2. The summed E-state index contributed by atoms with van der Waals surface area (Å²) in [4.78, 5) is 21.4. The van der Waals surface area contributed by atoms with Crippen LogP contribution in [0.15, 0.2) is 65.8 Å². The van der Waals surface area contributed by atoms with E-state index in [2.05, 4.69) is 36.3 Å². The second-order valence-electron chi connectivity index (χ2n) is 6.50. The average Bonchev–Trinajstić information content (AvgIpc) is 3.16. The Balaban J connectivity index is 1.67. The van der Waals surface area contributed by atoms with Gasteiger partial charge in [-0.15, -0.1) is 0 Å². The van der Waals surface area contributed by atoms with Gasteiger partial charge < -0.3 is 5.32 Å². The monoisotopic (exact) mass is 453 g/mol. The first-order valence-electron chi connectivity index (χ1n) is 9.07. The molecule has 0 fully saturated rings. The van der Waals surface area contributed by atoms with Crippen LogP contribution < -0.4 is 5.32 Å². The van der Waals surface area contributed by atoms with Gasteiger partial charge in [0, 0.05) is 17.8 Å². The molecule has 8 heteroatoms. The molecule has 3 heterocycles.